The maximum Gasteiger partial charge on any atom is 0.126 e. The summed E-state index contributed by atoms with van der Waals surface area (Å²) >= 11 is 0. The summed E-state index contributed by atoms with van der Waals surface area (Å²) in [5.74, 6) is 1.70. The highest BCUT2D eigenvalue weighted by Gasteiger charge is 2.19. The summed E-state index contributed by atoms with van der Waals surface area (Å²) in [5.41, 5.74) is 1.92. The van der Waals surface area contributed by atoms with Gasteiger partial charge in [0.2, 0.25) is 0 Å². The smallest absolute Gasteiger partial charge is 0.126 e. The van der Waals surface area contributed by atoms with Crippen LogP contribution in [-0.4, -0.2) is 6.54 Å². The predicted octanol–water partition coefficient (Wildman–Crippen LogP) is 4.44. The van der Waals surface area contributed by atoms with Gasteiger partial charge in [-0.25, -0.2) is 4.39 Å². The molecule has 0 amide bonds. The van der Waals surface area contributed by atoms with Gasteiger partial charge in [-0.3, -0.25) is 0 Å². The molecule has 1 aromatic rings. The molecule has 0 saturated heterocycles. The summed E-state index contributed by atoms with van der Waals surface area (Å²) in [7, 11) is 0. The molecule has 1 N–H and O–H groups in total. The molecule has 0 aliphatic heterocycles. The molecule has 0 unspecified atom stereocenters. The van der Waals surface area contributed by atoms with Crippen LogP contribution >= 0.6 is 0 Å². The minimum Gasteiger partial charge on any atom is -0.312 e. The SMILES string of the molecule is CCC1CCC(CNCc2ccc(F)c(C)c2)CC1. The number of hydrogen-bond donors (Lipinski definition) is 1. The minimum atomic E-state index is -0.110. The van der Waals surface area contributed by atoms with E-state index < -0.39 is 0 Å². The van der Waals surface area contributed by atoms with Crippen LogP contribution in [0.4, 0.5) is 4.39 Å². The Morgan fingerprint density at radius 3 is 2.47 bits per heavy atom. The zero-order valence-corrected chi connectivity index (χ0v) is 12.2. The number of halogens is 1. The van der Waals surface area contributed by atoms with E-state index >= 15 is 0 Å². The zero-order valence-electron chi connectivity index (χ0n) is 12.2. The molecule has 0 bridgehead atoms. The molecule has 0 spiro atoms. The fourth-order valence-corrected chi connectivity index (χ4v) is 3.08. The maximum atomic E-state index is 13.2. The van der Waals surface area contributed by atoms with Crippen molar-refractivity contribution in [2.24, 2.45) is 11.8 Å². The molecule has 19 heavy (non-hydrogen) atoms. The van der Waals surface area contributed by atoms with Gasteiger partial charge in [-0.15, -0.1) is 0 Å². The van der Waals surface area contributed by atoms with Crippen LogP contribution in [0.2, 0.25) is 0 Å². The van der Waals surface area contributed by atoms with E-state index in [2.05, 4.69) is 12.2 Å². The van der Waals surface area contributed by atoms with Crippen molar-refractivity contribution in [2.75, 3.05) is 6.54 Å². The van der Waals surface area contributed by atoms with Crippen LogP contribution in [0.3, 0.4) is 0 Å². The molecule has 1 fully saturated rings. The first-order chi connectivity index (χ1) is 9.19. The van der Waals surface area contributed by atoms with Gasteiger partial charge in [-0.1, -0.05) is 38.3 Å². The van der Waals surface area contributed by atoms with Crippen LogP contribution in [0.5, 0.6) is 0 Å². The molecule has 106 valence electrons. The first-order valence-electron chi connectivity index (χ1n) is 7.64. The molecular weight excluding hydrogens is 237 g/mol. The molecule has 1 nitrogen and oxygen atoms in total. The molecule has 1 aromatic carbocycles. The number of nitrogens with one attached hydrogen (secondary N) is 1. The van der Waals surface area contributed by atoms with E-state index in [9.17, 15) is 4.39 Å². The molecule has 1 saturated carbocycles. The minimum absolute atomic E-state index is 0.110. The monoisotopic (exact) mass is 263 g/mol. The van der Waals surface area contributed by atoms with Crippen LogP contribution < -0.4 is 5.32 Å². The second kappa shape index (κ2) is 7.04. The number of rotatable bonds is 5. The highest BCUT2D eigenvalue weighted by atomic mass is 19.1. The molecule has 0 aromatic heterocycles. The summed E-state index contributed by atoms with van der Waals surface area (Å²) in [6.45, 7) is 6.09. The largest absolute Gasteiger partial charge is 0.312 e. The fourth-order valence-electron chi connectivity index (χ4n) is 3.08. The van der Waals surface area contributed by atoms with Crippen molar-refractivity contribution in [1.29, 1.82) is 0 Å². The third-order valence-electron chi connectivity index (χ3n) is 4.53. The lowest BCUT2D eigenvalue weighted by atomic mass is 9.81. The van der Waals surface area contributed by atoms with E-state index in [1.807, 2.05) is 19.1 Å². The van der Waals surface area contributed by atoms with Crippen LogP contribution in [0.15, 0.2) is 18.2 Å². The van der Waals surface area contributed by atoms with Crippen LogP contribution in [0.25, 0.3) is 0 Å². The summed E-state index contributed by atoms with van der Waals surface area (Å²) in [4.78, 5) is 0. The van der Waals surface area contributed by atoms with E-state index in [0.717, 1.165) is 30.5 Å². The Morgan fingerprint density at radius 1 is 1.16 bits per heavy atom. The van der Waals surface area contributed by atoms with Gasteiger partial charge in [-0.2, -0.15) is 0 Å². The second-order valence-corrected chi connectivity index (χ2v) is 6.01. The summed E-state index contributed by atoms with van der Waals surface area (Å²) in [6, 6.07) is 5.39. The Hall–Kier alpha value is -0.890. The van der Waals surface area contributed by atoms with Crippen molar-refractivity contribution >= 4 is 0 Å². The van der Waals surface area contributed by atoms with Gasteiger partial charge in [0.05, 0.1) is 0 Å². The van der Waals surface area contributed by atoms with Gasteiger partial charge >= 0.3 is 0 Å². The highest BCUT2D eigenvalue weighted by molar-refractivity contribution is 5.23. The van der Waals surface area contributed by atoms with E-state index in [-0.39, 0.29) is 5.82 Å². The summed E-state index contributed by atoms with van der Waals surface area (Å²) in [6.07, 6.45) is 6.88. The Balaban J connectivity index is 1.70. The third kappa shape index (κ3) is 4.31. The Bertz CT molecular complexity index is 394. The lowest BCUT2D eigenvalue weighted by Crippen LogP contribution is -2.26. The standard InChI is InChI=1S/C17H26FN/c1-3-14-4-6-15(7-5-14)11-19-12-16-8-9-17(18)13(2)10-16/h8-10,14-15,19H,3-7,11-12H2,1-2H3. The average Bonchev–Trinajstić information content (AvgIpc) is 2.43. The molecule has 1 aliphatic rings. The number of aryl methyl sites for hydroxylation is 1. The maximum absolute atomic E-state index is 13.2. The Labute approximate surface area is 116 Å². The molecule has 0 radical (unpaired) electrons. The summed E-state index contributed by atoms with van der Waals surface area (Å²) < 4.78 is 13.2. The predicted molar refractivity (Wildman–Crippen MR) is 78.6 cm³/mol. The van der Waals surface area contributed by atoms with E-state index in [1.54, 1.807) is 6.07 Å². The highest BCUT2D eigenvalue weighted by Crippen LogP contribution is 2.30. The Kier molecular flexibility index (Phi) is 5.38. The van der Waals surface area contributed by atoms with Gasteiger partial charge in [-0.05, 0) is 55.3 Å². The third-order valence-corrected chi connectivity index (χ3v) is 4.53. The lowest BCUT2D eigenvalue weighted by molar-refractivity contribution is 0.262. The molecule has 1 aliphatic carbocycles. The molecule has 2 heteroatoms. The fraction of sp³-hybridized carbons (Fsp3) is 0.647. The quantitative estimate of drug-likeness (QED) is 0.828. The summed E-state index contributed by atoms with van der Waals surface area (Å²) in [5, 5.41) is 3.53. The van der Waals surface area contributed by atoms with Crippen LogP contribution in [0, 0.1) is 24.6 Å². The van der Waals surface area contributed by atoms with Crippen molar-refractivity contribution < 1.29 is 4.39 Å². The first-order valence-corrected chi connectivity index (χ1v) is 7.64. The molecule has 0 atom stereocenters. The van der Waals surface area contributed by atoms with Crippen molar-refractivity contribution in [2.45, 2.75) is 52.5 Å². The van der Waals surface area contributed by atoms with E-state index in [1.165, 1.54) is 37.7 Å². The lowest BCUT2D eigenvalue weighted by Gasteiger charge is -2.27. The number of benzene rings is 1. The molecule has 2 rings (SSSR count). The normalized spacial score (nSPS) is 23.5. The van der Waals surface area contributed by atoms with Crippen LogP contribution in [0.1, 0.15) is 50.2 Å². The van der Waals surface area contributed by atoms with Crippen LogP contribution in [-0.2, 0) is 6.54 Å². The second-order valence-electron chi connectivity index (χ2n) is 6.01. The van der Waals surface area contributed by atoms with Crippen molar-refractivity contribution in [1.82, 2.24) is 5.32 Å². The topological polar surface area (TPSA) is 12.0 Å². The van der Waals surface area contributed by atoms with Crippen molar-refractivity contribution in [3.63, 3.8) is 0 Å². The van der Waals surface area contributed by atoms with Crippen molar-refractivity contribution in [3.8, 4) is 0 Å². The molecule has 0 heterocycles. The van der Waals surface area contributed by atoms with E-state index in [4.69, 9.17) is 0 Å². The van der Waals surface area contributed by atoms with E-state index in [0.29, 0.717) is 0 Å². The van der Waals surface area contributed by atoms with Gasteiger partial charge < -0.3 is 5.32 Å². The first kappa shape index (κ1) is 14.5. The van der Waals surface area contributed by atoms with Gasteiger partial charge in [0.25, 0.3) is 0 Å². The van der Waals surface area contributed by atoms with Gasteiger partial charge in [0, 0.05) is 6.54 Å². The Morgan fingerprint density at radius 2 is 1.84 bits per heavy atom. The number of hydrogen-bond acceptors (Lipinski definition) is 1. The van der Waals surface area contributed by atoms with Crippen molar-refractivity contribution in [3.05, 3.63) is 35.1 Å². The molecular formula is C17H26FN. The van der Waals surface area contributed by atoms with Gasteiger partial charge in [0.15, 0.2) is 0 Å². The zero-order chi connectivity index (χ0) is 13.7. The average molecular weight is 263 g/mol. The van der Waals surface area contributed by atoms with Gasteiger partial charge in [0.1, 0.15) is 5.82 Å².